The maximum atomic E-state index is 15.5. The van der Waals surface area contributed by atoms with Crippen molar-refractivity contribution in [1.82, 2.24) is 29.1 Å². The lowest BCUT2D eigenvalue weighted by molar-refractivity contribution is -0.137. The lowest BCUT2D eigenvalue weighted by Crippen LogP contribution is -2.08. The summed E-state index contributed by atoms with van der Waals surface area (Å²) in [5, 5.41) is 3.58. The summed E-state index contributed by atoms with van der Waals surface area (Å²) in [7, 11) is 0. The van der Waals surface area contributed by atoms with Gasteiger partial charge in [0.1, 0.15) is 0 Å². The Morgan fingerprint density at radius 2 is 0.576 bits per heavy atom. The van der Waals surface area contributed by atoms with Crippen LogP contribution in [0, 0.1) is 6.57 Å². The van der Waals surface area contributed by atoms with Crippen LogP contribution in [0.4, 0.5) is 18.9 Å². The Kier molecular flexibility index (Phi) is 13.6. The second kappa shape index (κ2) is 22.7. The minimum absolute atomic E-state index is 0.0507. The van der Waals surface area contributed by atoms with Crippen LogP contribution in [0.5, 0.6) is 0 Å². The number of rotatable bonds is 11. The Hall–Kier alpha value is -12.3. The molecule has 0 saturated heterocycles. The molecule has 0 amide bonds. The van der Waals surface area contributed by atoms with Gasteiger partial charge in [0.2, 0.25) is 0 Å². The quantitative estimate of drug-likeness (QED) is 0.121. The molecule has 0 saturated carbocycles. The number of hydrogen-bond donors (Lipinski definition) is 0. The van der Waals surface area contributed by atoms with Crippen molar-refractivity contribution in [2.24, 2.45) is 0 Å². The highest BCUT2D eigenvalue weighted by Gasteiger charge is 2.35. The number of halogens is 3. The van der Waals surface area contributed by atoms with Crippen LogP contribution in [-0.2, 0) is 6.18 Å². The van der Waals surface area contributed by atoms with Gasteiger partial charge in [0.15, 0.2) is 5.69 Å². The van der Waals surface area contributed by atoms with Crippen molar-refractivity contribution in [3.8, 4) is 112 Å². The van der Waals surface area contributed by atoms with E-state index in [-0.39, 0.29) is 16.8 Å². The van der Waals surface area contributed by atoms with Crippen molar-refractivity contribution in [1.29, 1.82) is 0 Å². The first-order valence-corrected chi connectivity index (χ1v) is 30.2. The van der Waals surface area contributed by atoms with E-state index < -0.39 is 11.7 Å². The third kappa shape index (κ3) is 9.55. The molecule has 0 unspecified atom stereocenters. The van der Waals surface area contributed by atoms with Gasteiger partial charge in [-0.15, -0.1) is 0 Å². The highest BCUT2D eigenvalue weighted by atomic mass is 19.4. The molecule has 0 radical (unpaired) electrons. The summed E-state index contributed by atoms with van der Waals surface area (Å²) >= 11 is 0. The molecule has 0 spiro atoms. The molecule has 0 N–H and O–H groups in total. The van der Waals surface area contributed by atoms with E-state index in [0.29, 0.717) is 11.4 Å². The number of nitrogens with zero attached hydrogens (tertiary/aromatic N) is 7. The Labute approximate surface area is 527 Å². The number of benzene rings is 10. The fraction of sp³-hybridized carbons (Fsp3) is 0.0122. The van der Waals surface area contributed by atoms with Gasteiger partial charge in [-0.2, -0.15) is 13.2 Å². The molecule has 10 aromatic carbocycles. The van der Waals surface area contributed by atoms with Crippen LogP contribution in [0.25, 0.3) is 160 Å². The summed E-state index contributed by atoms with van der Waals surface area (Å²) in [6, 6.07) is 91.4. The van der Waals surface area contributed by atoms with Gasteiger partial charge in [-0.05, 0) is 124 Å². The van der Waals surface area contributed by atoms with E-state index in [1.165, 1.54) is 12.1 Å². The Morgan fingerprint density at radius 3 is 0.891 bits per heavy atom. The molecule has 10 heteroatoms. The number of aromatic nitrogens is 6. The van der Waals surface area contributed by atoms with Crippen LogP contribution in [-0.4, -0.2) is 29.1 Å². The lowest BCUT2D eigenvalue weighted by atomic mass is 9.96. The van der Waals surface area contributed by atoms with Crippen LogP contribution in [0.15, 0.2) is 304 Å². The first-order valence-electron chi connectivity index (χ1n) is 30.2. The normalized spacial score (nSPS) is 11.6. The minimum Gasteiger partial charge on any atom is -0.308 e. The number of alkyl halides is 3. The predicted octanol–water partition coefficient (Wildman–Crippen LogP) is 22.0. The predicted molar refractivity (Wildman–Crippen MR) is 366 cm³/mol. The first kappa shape index (κ1) is 55.0. The first-order chi connectivity index (χ1) is 45.3. The molecular formula is C82H50F3N7. The molecule has 7 nitrogen and oxygen atoms in total. The second-order valence-corrected chi connectivity index (χ2v) is 22.7. The highest BCUT2D eigenvalue weighted by Crippen LogP contribution is 2.49. The highest BCUT2D eigenvalue weighted by molar-refractivity contribution is 6.15. The summed E-state index contributed by atoms with van der Waals surface area (Å²) in [4.78, 5) is 23.9. The van der Waals surface area contributed by atoms with Gasteiger partial charge in [-0.1, -0.05) is 188 Å². The largest absolute Gasteiger partial charge is 0.416 e. The third-order valence-electron chi connectivity index (χ3n) is 17.4. The van der Waals surface area contributed by atoms with E-state index in [0.717, 1.165) is 139 Å². The van der Waals surface area contributed by atoms with Gasteiger partial charge in [0, 0.05) is 90.8 Å². The maximum absolute atomic E-state index is 15.5. The van der Waals surface area contributed by atoms with E-state index in [1.807, 2.05) is 122 Å². The van der Waals surface area contributed by atoms with Crippen LogP contribution in [0.1, 0.15) is 5.56 Å². The van der Waals surface area contributed by atoms with E-state index in [4.69, 9.17) is 26.5 Å². The summed E-state index contributed by atoms with van der Waals surface area (Å²) in [6.45, 7) is 8.92. The Bertz CT molecular complexity index is 5300. The molecule has 6 aromatic heterocycles. The van der Waals surface area contributed by atoms with Crippen LogP contribution >= 0.6 is 0 Å². The molecule has 16 rings (SSSR count). The van der Waals surface area contributed by atoms with Crippen molar-refractivity contribution < 1.29 is 13.2 Å². The van der Waals surface area contributed by atoms with Gasteiger partial charge < -0.3 is 9.13 Å². The van der Waals surface area contributed by atoms with Gasteiger partial charge in [-0.25, -0.2) is 4.85 Å². The SMILES string of the molecule is [C-]#[N+]c1cc(-n2c3ccc(-c4cccnc4-c4ccccc4)cc3c3cc(-c4cccnc4-c4ccccc4)ccc32)c(-n2c3ccc(-c4cccnc4-c4ccccc4)cc3c3cc(-c4cccnc4-c4ccccc4)ccc32)cc1-c1ccccc1C(F)(F)F. The van der Waals surface area contributed by atoms with E-state index in [2.05, 4.69) is 160 Å². The fourth-order valence-electron chi connectivity index (χ4n) is 13.3. The number of fused-ring (bicyclic) bond motifs is 6. The number of hydrogen-bond acceptors (Lipinski definition) is 4. The van der Waals surface area contributed by atoms with Gasteiger partial charge in [0.25, 0.3) is 0 Å². The molecule has 0 aliphatic rings. The van der Waals surface area contributed by atoms with Crippen LogP contribution in [0.2, 0.25) is 0 Å². The average molecular weight is 1190 g/mol. The minimum atomic E-state index is -4.74. The average Bonchev–Trinajstić information content (AvgIpc) is 1.54. The smallest absolute Gasteiger partial charge is 0.308 e. The molecule has 92 heavy (non-hydrogen) atoms. The monoisotopic (exact) mass is 1190 g/mol. The zero-order valence-electron chi connectivity index (χ0n) is 49.1. The Balaban J connectivity index is 1.02. The second-order valence-electron chi connectivity index (χ2n) is 22.7. The standard InChI is InChI=1S/C82H50F3N7/c1-86-71-51-77(92-74-40-36-58(62-31-18-44-89-80(62)54-24-10-4-11-25-54)48-68(74)69-49-59(37-41-75(69)92)63-32-19-45-90-81(63)55-26-12-5-13-27-55)76(50-65(71)64-28-14-15-33-70(64)82(83,84)85)91-72-38-34-56(60-29-16-42-87-78(60)52-20-6-2-7-21-52)46-66(72)67-47-57(35-39-73(67)91)61-30-17-43-88-79(61)53-22-8-3-9-23-53/h2-51H. The van der Waals surface area contributed by atoms with Crippen molar-refractivity contribution in [3.05, 3.63) is 321 Å². The van der Waals surface area contributed by atoms with E-state index in [1.54, 1.807) is 18.2 Å². The summed E-state index contributed by atoms with van der Waals surface area (Å²) in [5.41, 5.74) is 18.2. The molecule has 434 valence electrons. The third-order valence-corrected chi connectivity index (χ3v) is 17.4. The summed E-state index contributed by atoms with van der Waals surface area (Å²) in [5.74, 6) is 0. The Morgan fingerprint density at radius 1 is 0.283 bits per heavy atom. The van der Waals surface area contributed by atoms with Crippen molar-refractivity contribution >= 4 is 49.3 Å². The summed E-state index contributed by atoms with van der Waals surface area (Å²) < 4.78 is 50.8. The van der Waals surface area contributed by atoms with Crippen molar-refractivity contribution in [2.75, 3.05) is 0 Å². The zero-order chi connectivity index (χ0) is 61.9. The summed E-state index contributed by atoms with van der Waals surface area (Å²) in [6.07, 6.45) is 2.50. The molecule has 0 fully saturated rings. The van der Waals surface area contributed by atoms with Gasteiger partial charge in [0.05, 0.1) is 68.4 Å². The maximum Gasteiger partial charge on any atom is 0.416 e. The molecule has 16 aromatic rings. The molecule has 6 heterocycles. The van der Waals surface area contributed by atoms with Crippen molar-refractivity contribution in [3.63, 3.8) is 0 Å². The van der Waals surface area contributed by atoms with E-state index in [9.17, 15) is 0 Å². The van der Waals surface area contributed by atoms with Gasteiger partial charge in [-0.3, -0.25) is 19.9 Å². The van der Waals surface area contributed by atoms with Gasteiger partial charge >= 0.3 is 6.18 Å². The number of pyridine rings is 4. The zero-order valence-corrected chi connectivity index (χ0v) is 49.1. The lowest BCUT2D eigenvalue weighted by Gasteiger charge is -2.21. The van der Waals surface area contributed by atoms with Crippen molar-refractivity contribution in [2.45, 2.75) is 6.18 Å². The topological polar surface area (TPSA) is 65.8 Å². The molecule has 0 bridgehead atoms. The fourth-order valence-corrected chi connectivity index (χ4v) is 13.3. The molecular weight excluding hydrogens is 1140 g/mol. The van der Waals surface area contributed by atoms with Crippen LogP contribution in [0.3, 0.4) is 0 Å². The van der Waals surface area contributed by atoms with E-state index >= 15 is 13.2 Å². The molecule has 0 aliphatic heterocycles. The molecule has 0 aliphatic carbocycles. The van der Waals surface area contributed by atoms with Crippen LogP contribution < -0.4 is 0 Å². The molecule has 0 atom stereocenters.